The first kappa shape index (κ1) is 15.2. The highest BCUT2D eigenvalue weighted by atomic mass is 35.5. The zero-order valence-corrected chi connectivity index (χ0v) is 12.5. The van der Waals surface area contributed by atoms with Crippen LogP contribution in [0.5, 0.6) is 5.75 Å². The number of ether oxygens (including phenoxy) is 1. The van der Waals surface area contributed by atoms with Gasteiger partial charge in [0.15, 0.2) is 5.84 Å². The number of amidine groups is 1. The molecule has 0 saturated carbocycles. The van der Waals surface area contributed by atoms with Gasteiger partial charge in [-0.1, -0.05) is 47.9 Å². The van der Waals surface area contributed by atoms with Gasteiger partial charge in [0.1, 0.15) is 12.4 Å². The molecule has 110 valence electrons. The van der Waals surface area contributed by atoms with Crippen molar-refractivity contribution in [2.45, 2.75) is 20.0 Å². The second kappa shape index (κ2) is 6.99. The van der Waals surface area contributed by atoms with Gasteiger partial charge in [-0.15, -0.1) is 0 Å². The number of oxime groups is 1. The molecule has 2 aromatic rings. The molecule has 0 aliphatic heterocycles. The molecule has 2 rings (SSSR count). The molecule has 0 atom stereocenters. The van der Waals surface area contributed by atoms with Crippen LogP contribution < -0.4 is 10.5 Å². The third-order valence-corrected chi connectivity index (χ3v) is 3.56. The van der Waals surface area contributed by atoms with E-state index in [1.165, 1.54) is 0 Å². The van der Waals surface area contributed by atoms with Crippen LogP contribution in [0.3, 0.4) is 0 Å². The normalized spacial score (nSPS) is 11.4. The number of hydrogen-bond acceptors (Lipinski definition) is 3. The average Bonchev–Trinajstić information content (AvgIpc) is 2.53. The predicted octanol–water partition coefficient (Wildman–Crippen LogP) is 3.58. The molecule has 0 aliphatic rings. The number of benzene rings is 2. The molecule has 3 N–H and O–H groups in total. The molecule has 5 heteroatoms. The fourth-order valence-corrected chi connectivity index (χ4v) is 2.27. The Balaban J connectivity index is 2.17. The Kier molecular flexibility index (Phi) is 5.06. The van der Waals surface area contributed by atoms with E-state index in [1.54, 1.807) is 6.07 Å². The maximum absolute atomic E-state index is 8.80. The predicted molar refractivity (Wildman–Crippen MR) is 84.1 cm³/mol. The Labute approximate surface area is 128 Å². The number of hydrogen-bond donors (Lipinski definition) is 2. The first-order valence-electron chi connectivity index (χ1n) is 6.62. The van der Waals surface area contributed by atoms with Gasteiger partial charge < -0.3 is 15.7 Å². The Bertz CT molecular complexity index is 656. The van der Waals surface area contributed by atoms with E-state index in [4.69, 9.17) is 27.3 Å². The highest BCUT2D eigenvalue weighted by Crippen LogP contribution is 2.23. The van der Waals surface area contributed by atoms with E-state index in [1.807, 2.05) is 43.3 Å². The quantitative estimate of drug-likeness (QED) is 0.384. The highest BCUT2D eigenvalue weighted by molar-refractivity contribution is 6.31. The van der Waals surface area contributed by atoms with Crippen LogP contribution in [-0.2, 0) is 13.0 Å². The van der Waals surface area contributed by atoms with Crippen molar-refractivity contribution in [2.24, 2.45) is 10.9 Å². The Hall–Kier alpha value is -2.20. The Morgan fingerprint density at radius 2 is 2.00 bits per heavy atom. The standard InChI is InChI=1S/C16H17ClN2O2/c1-2-11-9-13(7-8-15(11)17)21-10-12-5-3-4-6-14(12)16(18)19-20/h3-9,20H,2,10H2,1H3,(H2,18,19). The fraction of sp³-hybridized carbons (Fsp3) is 0.188. The summed E-state index contributed by atoms with van der Waals surface area (Å²) in [5, 5.41) is 12.6. The van der Waals surface area contributed by atoms with Crippen molar-refractivity contribution in [2.75, 3.05) is 0 Å². The average molecular weight is 305 g/mol. The minimum atomic E-state index is 0.0690. The second-order valence-electron chi connectivity index (χ2n) is 4.54. The van der Waals surface area contributed by atoms with Crippen LogP contribution in [0, 0.1) is 0 Å². The molecule has 0 heterocycles. The highest BCUT2D eigenvalue weighted by Gasteiger charge is 2.07. The smallest absolute Gasteiger partial charge is 0.170 e. The van der Waals surface area contributed by atoms with Crippen molar-refractivity contribution in [3.63, 3.8) is 0 Å². The van der Waals surface area contributed by atoms with Gasteiger partial charge in [-0.2, -0.15) is 0 Å². The van der Waals surface area contributed by atoms with Gasteiger partial charge in [0.2, 0.25) is 0 Å². The van der Waals surface area contributed by atoms with Crippen LogP contribution >= 0.6 is 11.6 Å². The van der Waals surface area contributed by atoms with Crippen molar-refractivity contribution >= 4 is 17.4 Å². The lowest BCUT2D eigenvalue weighted by molar-refractivity contribution is 0.305. The van der Waals surface area contributed by atoms with Gasteiger partial charge in [0.25, 0.3) is 0 Å². The molecule has 0 fully saturated rings. The van der Waals surface area contributed by atoms with Gasteiger partial charge in [0, 0.05) is 16.1 Å². The number of nitrogens with two attached hydrogens (primary N) is 1. The number of nitrogens with zero attached hydrogens (tertiary/aromatic N) is 1. The maximum Gasteiger partial charge on any atom is 0.170 e. The van der Waals surface area contributed by atoms with E-state index in [-0.39, 0.29) is 5.84 Å². The SMILES string of the molecule is CCc1cc(OCc2ccccc2/C(N)=N/O)ccc1Cl. The summed E-state index contributed by atoms with van der Waals surface area (Å²) in [6.07, 6.45) is 0.844. The molecule has 2 aromatic carbocycles. The minimum absolute atomic E-state index is 0.0690. The van der Waals surface area contributed by atoms with Crippen molar-refractivity contribution in [3.8, 4) is 5.75 Å². The van der Waals surface area contributed by atoms with Gasteiger partial charge in [0.05, 0.1) is 0 Å². The molecule has 0 radical (unpaired) electrons. The van der Waals surface area contributed by atoms with Crippen LogP contribution in [0.15, 0.2) is 47.6 Å². The summed E-state index contributed by atoms with van der Waals surface area (Å²) in [4.78, 5) is 0. The zero-order valence-electron chi connectivity index (χ0n) is 11.7. The molecule has 21 heavy (non-hydrogen) atoms. The Morgan fingerprint density at radius 3 is 2.71 bits per heavy atom. The second-order valence-corrected chi connectivity index (χ2v) is 4.95. The van der Waals surface area contributed by atoms with Crippen LogP contribution in [0.2, 0.25) is 5.02 Å². The fourth-order valence-electron chi connectivity index (χ4n) is 2.02. The maximum atomic E-state index is 8.80. The van der Waals surface area contributed by atoms with E-state index in [0.717, 1.165) is 28.3 Å². The first-order valence-corrected chi connectivity index (χ1v) is 7.00. The summed E-state index contributed by atoms with van der Waals surface area (Å²) < 4.78 is 5.77. The lowest BCUT2D eigenvalue weighted by atomic mass is 10.1. The van der Waals surface area contributed by atoms with Crippen molar-refractivity contribution in [3.05, 3.63) is 64.2 Å². The van der Waals surface area contributed by atoms with Crippen LogP contribution in [-0.4, -0.2) is 11.0 Å². The van der Waals surface area contributed by atoms with E-state index in [2.05, 4.69) is 5.16 Å². The molecule has 0 spiro atoms. The summed E-state index contributed by atoms with van der Waals surface area (Å²) >= 11 is 6.08. The summed E-state index contributed by atoms with van der Waals surface area (Å²) in [5.41, 5.74) is 8.20. The Morgan fingerprint density at radius 1 is 1.24 bits per heavy atom. The molecule has 0 aromatic heterocycles. The number of rotatable bonds is 5. The van der Waals surface area contributed by atoms with E-state index >= 15 is 0 Å². The van der Waals surface area contributed by atoms with Gasteiger partial charge >= 0.3 is 0 Å². The molecule has 0 unspecified atom stereocenters. The largest absolute Gasteiger partial charge is 0.489 e. The first-order chi connectivity index (χ1) is 10.2. The monoisotopic (exact) mass is 304 g/mol. The summed E-state index contributed by atoms with van der Waals surface area (Å²) in [5.74, 6) is 0.810. The summed E-state index contributed by atoms with van der Waals surface area (Å²) in [6, 6.07) is 12.9. The zero-order chi connectivity index (χ0) is 15.2. The van der Waals surface area contributed by atoms with E-state index in [0.29, 0.717) is 12.2 Å². The van der Waals surface area contributed by atoms with Crippen molar-refractivity contribution in [1.82, 2.24) is 0 Å². The third kappa shape index (κ3) is 3.67. The van der Waals surface area contributed by atoms with Crippen LogP contribution in [0.1, 0.15) is 23.6 Å². The van der Waals surface area contributed by atoms with Gasteiger partial charge in [-0.25, -0.2) is 0 Å². The number of halogens is 1. The lowest BCUT2D eigenvalue weighted by Gasteiger charge is -2.11. The summed E-state index contributed by atoms with van der Waals surface area (Å²) in [7, 11) is 0. The van der Waals surface area contributed by atoms with E-state index < -0.39 is 0 Å². The van der Waals surface area contributed by atoms with Gasteiger partial charge in [-0.3, -0.25) is 0 Å². The molecular weight excluding hydrogens is 288 g/mol. The minimum Gasteiger partial charge on any atom is -0.489 e. The van der Waals surface area contributed by atoms with Gasteiger partial charge in [-0.05, 0) is 30.2 Å². The van der Waals surface area contributed by atoms with Crippen LogP contribution in [0.4, 0.5) is 0 Å². The molecular formula is C16H17ClN2O2. The molecule has 0 amide bonds. The van der Waals surface area contributed by atoms with Crippen molar-refractivity contribution in [1.29, 1.82) is 0 Å². The van der Waals surface area contributed by atoms with E-state index in [9.17, 15) is 0 Å². The molecule has 0 saturated heterocycles. The van der Waals surface area contributed by atoms with Crippen LogP contribution in [0.25, 0.3) is 0 Å². The van der Waals surface area contributed by atoms with Crippen molar-refractivity contribution < 1.29 is 9.94 Å². The molecule has 4 nitrogen and oxygen atoms in total. The topological polar surface area (TPSA) is 67.8 Å². The molecule has 0 bridgehead atoms. The number of aryl methyl sites for hydroxylation is 1. The third-order valence-electron chi connectivity index (χ3n) is 3.19. The lowest BCUT2D eigenvalue weighted by Crippen LogP contribution is -2.16. The summed E-state index contributed by atoms with van der Waals surface area (Å²) in [6.45, 7) is 2.37. The molecule has 0 aliphatic carbocycles.